The first-order valence-electron chi connectivity index (χ1n) is 28.6. The van der Waals surface area contributed by atoms with E-state index in [1.54, 1.807) is 127 Å². The highest BCUT2D eigenvalue weighted by Gasteiger charge is 2.58. The minimum atomic E-state index is -3.48. The maximum atomic E-state index is 14.8. The highest BCUT2D eigenvalue weighted by atomic mass is 28.4. The minimum Gasteiger partial charge on any atom is -0.459 e. The molecule has 8 aromatic rings. The van der Waals surface area contributed by atoms with E-state index in [9.17, 15) is 29.1 Å². The standard InChI is InChI=1S/C70H66O16Si/c1-70(2,3)87(53-40-24-10-25-41-53,54-42-26-11-27-43-54)79-46-56-57(82-64(72)49-32-16-6-17-33-49)59(77-44-47-28-12-4-13-29-47)62(85-67(75)52-38-22-9-23-39-52)69(81-56)86-58-55(45-78-63(71)48-30-14-5-15-31-48)80-68(76)61(84-66(74)51-36-20-8-21-37-51)60(58)83-65(73)50-34-18-7-19-35-50/h4-43,55-62,68-69,76H,44-46H2,1-3H3/t55-,56-,57+,58-,59+,60+,61+,62-,68+,69-/m1/s1. The Morgan fingerprint density at radius 3 is 1.18 bits per heavy atom. The Hall–Kier alpha value is -8.91. The number of hydrogen-bond donors (Lipinski definition) is 1. The molecule has 8 aromatic carbocycles. The molecule has 0 spiro atoms. The minimum absolute atomic E-state index is 0.0685. The Kier molecular flexibility index (Phi) is 20.1. The first-order valence-corrected chi connectivity index (χ1v) is 30.5. The molecule has 0 aliphatic carbocycles. The topological polar surface area (TPSA) is 198 Å². The normalized spacial score (nSPS) is 22.0. The lowest BCUT2D eigenvalue weighted by molar-refractivity contribution is -0.355. The molecule has 446 valence electrons. The van der Waals surface area contributed by atoms with E-state index in [1.165, 1.54) is 24.3 Å². The maximum Gasteiger partial charge on any atom is 0.338 e. The molecule has 0 unspecified atom stereocenters. The van der Waals surface area contributed by atoms with Crippen LogP contribution < -0.4 is 10.4 Å². The van der Waals surface area contributed by atoms with Gasteiger partial charge in [-0.2, -0.15) is 0 Å². The molecular formula is C70H66O16Si. The van der Waals surface area contributed by atoms with Gasteiger partial charge in [-0.25, -0.2) is 24.0 Å². The van der Waals surface area contributed by atoms with Crippen LogP contribution in [0.2, 0.25) is 5.04 Å². The van der Waals surface area contributed by atoms with Gasteiger partial charge in [-0.15, -0.1) is 0 Å². The fourth-order valence-corrected chi connectivity index (χ4v) is 15.4. The van der Waals surface area contributed by atoms with E-state index in [1.807, 2.05) is 91.0 Å². The Bertz CT molecular complexity index is 3470. The summed E-state index contributed by atoms with van der Waals surface area (Å²) in [5.74, 6) is -4.30. The van der Waals surface area contributed by atoms with Gasteiger partial charge in [0.2, 0.25) is 0 Å². The van der Waals surface area contributed by atoms with Gasteiger partial charge in [0.1, 0.15) is 31.0 Å². The number of hydrogen-bond acceptors (Lipinski definition) is 16. The summed E-state index contributed by atoms with van der Waals surface area (Å²) in [6.45, 7) is 5.19. The second kappa shape index (κ2) is 28.5. The molecule has 2 saturated heterocycles. The summed E-state index contributed by atoms with van der Waals surface area (Å²) in [7, 11) is -3.48. The molecule has 0 saturated carbocycles. The average Bonchev–Trinajstić information content (AvgIpc) is 1.44. The molecule has 0 radical (unpaired) electrons. The van der Waals surface area contributed by atoms with Crippen LogP contribution in [-0.2, 0) is 53.7 Å². The van der Waals surface area contributed by atoms with E-state index < -0.39 is 111 Å². The molecule has 2 fully saturated rings. The van der Waals surface area contributed by atoms with Crippen molar-refractivity contribution in [1.29, 1.82) is 0 Å². The van der Waals surface area contributed by atoms with Crippen LogP contribution in [0.4, 0.5) is 0 Å². The lowest BCUT2D eigenvalue weighted by Gasteiger charge is -2.49. The van der Waals surface area contributed by atoms with Gasteiger partial charge in [-0.05, 0) is 81.6 Å². The van der Waals surface area contributed by atoms with Crippen molar-refractivity contribution in [3.63, 3.8) is 0 Å². The molecule has 0 aromatic heterocycles. The quantitative estimate of drug-likeness (QED) is 0.0405. The van der Waals surface area contributed by atoms with Crippen LogP contribution in [0, 0.1) is 0 Å². The summed E-state index contributed by atoms with van der Waals surface area (Å²) in [6, 6.07) is 69.4. The molecule has 0 amide bonds. The lowest BCUT2D eigenvalue weighted by atomic mass is 9.95. The highest BCUT2D eigenvalue weighted by molar-refractivity contribution is 6.99. The van der Waals surface area contributed by atoms with Crippen LogP contribution in [0.5, 0.6) is 0 Å². The largest absolute Gasteiger partial charge is 0.459 e. The van der Waals surface area contributed by atoms with Gasteiger partial charge in [-0.3, -0.25) is 0 Å². The third-order valence-corrected chi connectivity index (χ3v) is 20.1. The Balaban J connectivity index is 1.15. The number of aliphatic hydroxyl groups excluding tert-OH is 1. The number of rotatable bonds is 21. The maximum absolute atomic E-state index is 14.8. The van der Waals surface area contributed by atoms with Crippen LogP contribution in [-0.4, -0.2) is 118 Å². The van der Waals surface area contributed by atoms with Crippen molar-refractivity contribution in [1.82, 2.24) is 0 Å². The van der Waals surface area contributed by atoms with Gasteiger partial charge in [0.05, 0.1) is 41.0 Å². The smallest absolute Gasteiger partial charge is 0.338 e. The second-order valence-electron chi connectivity index (χ2n) is 21.9. The molecule has 10 atom stereocenters. The number of ether oxygens (including phenoxy) is 9. The van der Waals surface area contributed by atoms with Crippen LogP contribution in [0.1, 0.15) is 78.1 Å². The van der Waals surface area contributed by atoms with Crippen molar-refractivity contribution in [2.45, 2.75) is 93.8 Å². The first kappa shape index (κ1) is 61.2. The van der Waals surface area contributed by atoms with E-state index >= 15 is 0 Å². The number of carbonyl (C=O) groups is 5. The predicted molar refractivity (Wildman–Crippen MR) is 322 cm³/mol. The zero-order chi connectivity index (χ0) is 60.8. The number of benzene rings is 8. The lowest BCUT2D eigenvalue weighted by Crippen LogP contribution is -2.69. The van der Waals surface area contributed by atoms with Crippen LogP contribution in [0.15, 0.2) is 243 Å². The molecule has 2 aliphatic rings. The van der Waals surface area contributed by atoms with Crippen molar-refractivity contribution in [3.8, 4) is 0 Å². The van der Waals surface area contributed by atoms with E-state index in [-0.39, 0.29) is 41.0 Å². The summed E-state index contributed by atoms with van der Waals surface area (Å²) in [5.41, 5.74) is 1.32. The molecule has 2 heterocycles. The van der Waals surface area contributed by atoms with E-state index in [0.717, 1.165) is 10.4 Å². The monoisotopic (exact) mass is 1190 g/mol. The first-order chi connectivity index (χ1) is 42.3. The van der Waals surface area contributed by atoms with Crippen molar-refractivity contribution in [3.05, 3.63) is 276 Å². The van der Waals surface area contributed by atoms with E-state index in [0.29, 0.717) is 5.56 Å². The number of aliphatic hydroxyl groups is 1. The van der Waals surface area contributed by atoms with Crippen molar-refractivity contribution < 1.29 is 76.1 Å². The molecule has 87 heavy (non-hydrogen) atoms. The SMILES string of the molecule is CC(C)(C)[Si](OC[C@H]1O[C@H](O[C@H]2[C@H](OC(=O)c3ccccc3)[C@H](OC(=O)c3ccccc3)[C@@H](O)O[C@@H]2COC(=O)c2ccccc2)[C@H](OC(=O)c2ccccc2)[C@@H](OCc2ccccc2)[C@H]1OC(=O)c1ccccc1)(c1ccccc1)c1ccccc1. The van der Waals surface area contributed by atoms with Gasteiger partial charge in [0, 0.05) is 0 Å². The third-order valence-electron chi connectivity index (χ3n) is 15.1. The number of esters is 5. The molecule has 17 heteroatoms. The highest BCUT2D eigenvalue weighted by Crippen LogP contribution is 2.40. The summed E-state index contributed by atoms with van der Waals surface area (Å²) in [4.78, 5) is 72.1. The van der Waals surface area contributed by atoms with E-state index in [2.05, 4.69) is 20.8 Å². The molecule has 16 nitrogen and oxygen atoms in total. The second-order valence-corrected chi connectivity index (χ2v) is 26.2. The predicted octanol–water partition coefficient (Wildman–Crippen LogP) is 9.74. The van der Waals surface area contributed by atoms with Gasteiger partial charge in [0.15, 0.2) is 37.0 Å². The van der Waals surface area contributed by atoms with Gasteiger partial charge in [0.25, 0.3) is 8.32 Å². The zero-order valence-electron chi connectivity index (χ0n) is 48.1. The van der Waals surface area contributed by atoms with Crippen LogP contribution >= 0.6 is 0 Å². The van der Waals surface area contributed by atoms with Crippen LogP contribution in [0.25, 0.3) is 0 Å². The van der Waals surface area contributed by atoms with Gasteiger partial charge < -0.3 is 52.2 Å². The molecule has 10 rings (SSSR count). The molecule has 0 bridgehead atoms. The summed E-state index contributed by atoms with van der Waals surface area (Å²) < 4.78 is 66.8. The molecule has 1 N–H and O–H groups in total. The van der Waals surface area contributed by atoms with Crippen LogP contribution in [0.3, 0.4) is 0 Å². The molecule has 2 aliphatic heterocycles. The van der Waals surface area contributed by atoms with E-state index in [4.69, 9.17) is 47.1 Å². The third kappa shape index (κ3) is 14.7. The average molecular weight is 1190 g/mol. The van der Waals surface area contributed by atoms with Gasteiger partial charge >= 0.3 is 29.8 Å². The van der Waals surface area contributed by atoms with Crippen molar-refractivity contribution >= 4 is 48.5 Å². The Morgan fingerprint density at radius 2 is 0.759 bits per heavy atom. The van der Waals surface area contributed by atoms with Crippen molar-refractivity contribution in [2.75, 3.05) is 13.2 Å². The summed E-state index contributed by atoms with van der Waals surface area (Å²) in [6.07, 6.45) is -16.9. The molecular weight excluding hydrogens is 1120 g/mol. The Labute approximate surface area is 505 Å². The number of carbonyl (C=O) groups excluding carboxylic acids is 5. The fourth-order valence-electron chi connectivity index (χ4n) is 10.8. The summed E-state index contributed by atoms with van der Waals surface area (Å²) >= 11 is 0. The van der Waals surface area contributed by atoms with Gasteiger partial charge in [-0.1, -0.05) is 203 Å². The fraction of sp³-hybridized carbons (Fsp3) is 0.243. The summed E-state index contributed by atoms with van der Waals surface area (Å²) in [5, 5.41) is 13.4. The zero-order valence-corrected chi connectivity index (χ0v) is 49.1. The Morgan fingerprint density at radius 1 is 0.402 bits per heavy atom. The van der Waals surface area contributed by atoms with Crippen molar-refractivity contribution in [2.24, 2.45) is 0 Å².